The molecule has 0 spiro atoms. The molecule has 2 nitrogen and oxygen atoms in total. The number of rotatable bonds is 4. The van der Waals surface area contributed by atoms with Gasteiger partial charge in [-0.25, -0.2) is 8.78 Å². The van der Waals surface area contributed by atoms with Crippen LogP contribution < -0.4 is 11.3 Å². The molecular formula is C14H12BrF2IN2. The zero-order valence-electron chi connectivity index (χ0n) is 10.3. The van der Waals surface area contributed by atoms with Crippen molar-refractivity contribution in [3.8, 4) is 0 Å². The van der Waals surface area contributed by atoms with Gasteiger partial charge in [0.1, 0.15) is 11.6 Å². The molecule has 20 heavy (non-hydrogen) atoms. The molecule has 0 heterocycles. The number of hydrogen-bond acceptors (Lipinski definition) is 2. The maximum Gasteiger partial charge on any atom is 0.143 e. The van der Waals surface area contributed by atoms with Crippen LogP contribution in [0.2, 0.25) is 0 Å². The van der Waals surface area contributed by atoms with Crippen LogP contribution in [0.15, 0.2) is 40.9 Å². The van der Waals surface area contributed by atoms with Gasteiger partial charge in [-0.2, -0.15) is 0 Å². The van der Waals surface area contributed by atoms with Gasteiger partial charge in [0, 0.05) is 9.13 Å². The second-order valence-corrected chi connectivity index (χ2v) is 6.40. The van der Waals surface area contributed by atoms with Gasteiger partial charge >= 0.3 is 0 Å². The minimum absolute atomic E-state index is 0.0150. The summed E-state index contributed by atoms with van der Waals surface area (Å²) in [6.45, 7) is 0. The fourth-order valence-electron chi connectivity index (χ4n) is 1.96. The number of nitrogens with one attached hydrogen (secondary N) is 1. The van der Waals surface area contributed by atoms with E-state index in [-0.39, 0.29) is 22.5 Å². The van der Waals surface area contributed by atoms with Gasteiger partial charge < -0.3 is 0 Å². The van der Waals surface area contributed by atoms with Crippen molar-refractivity contribution < 1.29 is 8.78 Å². The van der Waals surface area contributed by atoms with Crippen LogP contribution in [0.25, 0.3) is 0 Å². The molecule has 0 aliphatic carbocycles. The number of hydrogen-bond donors (Lipinski definition) is 2. The summed E-state index contributed by atoms with van der Waals surface area (Å²) >= 11 is 5.25. The molecule has 2 rings (SSSR count). The summed E-state index contributed by atoms with van der Waals surface area (Å²) in [7, 11) is 0. The van der Waals surface area contributed by atoms with E-state index < -0.39 is 11.6 Å². The van der Waals surface area contributed by atoms with Crippen LogP contribution in [-0.2, 0) is 6.42 Å². The lowest BCUT2D eigenvalue weighted by Gasteiger charge is -2.18. The summed E-state index contributed by atoms with van der Waals surface area (Å²) < 4.78 is 29.1. The van der Waals surface area contributed by atoms with Gasteiger partial charge in [-0.15, -0.1) is 0 Å². The third kappa shape index (κ3) is 3.55. The largest absolute Gasteiger partial charge is 0.271 e. The maximum absolute atomic E-state index is 14.0. The van der Waals surface area contributed by atoms with Crippen molar-refractivity contribution in [3.05, 3.63) is 67.2 Å². The number of benzene rings is 2. The summed E-state index contributed by atoms with van der Waals surface area (Å²) in [5.74, 6) is 4.37. The van der Waals surface area contributed by atoms with Crippen molar-refractivity contribution in [1.82, 2.24) is 5.43 Å². The lowest BCUT2D eigenvalue weighted by molar-refractivity contribution is 0.498. The second kappa shape index (κ2) is 6.93. The molecule has 0 aromatic heterocycles. The Labute approximate surface area is 138 Å². The molecule has 0 radical (unpaired) electrons. The highest BCUT2D eigenvalue weighted by atomic mass is 127. The Morgan fingerprint density at radius 3 is 2.65 bits per heavy atom. The minimum atomic E-state index is -0.587. The van der Waals surface area contributed by atoms with Crippen molar-refractivity contribution in [2.24, 2.45) is 5.84 Å². The normalized spacial score (nSPS) is 12.4. The van der Waals surface area contributed by atoms with E-state index in [0.717, 1.165) is 9.13 Å². The molecule has 0 aliphatic heterocycles. The first kappa shape index (κ1) is 15.8. The molecule has 0 saturated heterocycles. The lowest BCUT2D eigenvalue weighted by Crippen LogP contribution is -2.30. The van der Waals surface area contributed by atoms with Crippen LogP contribution in [0.3, 0.4) is 0 Å². The van der Waals surface area contributed by atoms with Crippen LogP contribution in [0.5, 0.6) is 0 Å². The summed E-state index contributed by atoms with van der Waals surface area (Å²) in [6.07, 6.45) is 0.133. The van der Waals surface area contributed by atoms with Gasteiger partial charge in [0.2, 0.25) is 0 Å². The second-order valence-electron chi connectivity index (χ2n) is 4.30. The highest BCUT2D eigenvalue weighted by Gasteiger charge is 2.18. The molecule has 106 valence electrons. The van der Waals surface area contributed by atoms with Gasteiger partial charge in [0.05, 0.1) is 10.5 Å². The standard InChI is InChI=1S/C14H12BrF2IN2/c15-11-4-5-12(16)10(14(11)17)7-13(20-19)8-2-1-3-9(18)6-8/h1-6,13,20H,7,19H2. The Hall–Kier alpha value is -0.570. The topological polar surface area (TPSA) is 38.0 Å². The Balaban J connectivity index is 2.34. The smallest absolute Gasteiger partial charge is 0.143 e. The third-order valence-corrected chi connectivity index (χ3v) is 4.28. The van der Waals surface area contributed by atoms with Crippen molar-refractivity contribution in [2.75, 3.05) is 0 Å². The first-order chi connectivity index (χ1) is 9.52. The number of halogens is 4. The van der Waals surface area contributed by atoms with Crippen LogP contribution in [-0.4, -0.2) is 0 Å². The highest BCUT2D eigenvalue weighted by Crippen LogP contribution is 2.26. The third-order valence-electron chi connectivity index (χ3n) is 3.00. The van der Waals surface area contributed by atoms with Crippen molar-refractivity contribution in [2.45, 2.75) is 12.5 Å². The number of hydrazine groups is 1. The average Bonchev–Trinajstić information content (AvgIpc) is 2.43. The van der Waals surface area contributed by atoms with Gasteiger partial charge in [0.15, 0.2) is 0 Å². The summed E-state index contributed by atoms with van der Waals surface area (Å²) in [5, 5.41) is 0. The predicted molar refractivity (Wildman–Crippen MR) is 87.0 cm³/mol. The molecule has 6 heteroatoms. The lowest BCUT2D eigenvalue weighted by atomic mass is 9.99. The molecule has 2 aromatic rings. The molecule has 3 N–H and O–H groups in total. The highest BCUT2D eigenvalue weighted by molar-refractivity contribution is 14.1. The minimum Gasteiger partial charge on any atom is -0.271 e. The molecule has 2 aromatic carbocycles. The quantitative estimate of drug-likeness (QED) is 0.317. The first-order valence-corrected chi connectivity index (χ1v) is 7.74. The molecule has 0 bridgehead atoms. The predicted octanol–water partition coefficient (Wildman–Crippen LogP) is 4.08. The molecule has 0 amide bonds. The maximum atomic E-state index is 14.0. The van der Waals surface area contributed by atoms with Gasteiger partial charge in [-0.05, 0) is 74.8 Å². The molecule has 0 aliphatic rings. The van der Waals surface area contributed by atoms with E-state index in [1.54, 1.807) is 0 Å². The molecule has 1 unspecified atom stereocenters. The monoisotopic (exact) mass is 452 g/mol. The fourth-order valence-corrected chi connectivity index (χ4v) is 2.90. The summed E-state index contributed by atoms with van der Waals surface area (Å²) in [6, 6.07) is 9.87. The molecule has 1 atom stereocenters. The zero-order valence-corrected chi connectivity index (χ0v) is 14.1. The van der Waals surface area contributed by atoms with Crippen LogP contribution >= 0.6 is 38.5 Å². The summed E-state index contributed by atoms with van der Waals surface area (Å²) in [5.41, 5.74) is 3.52. The first-order valence-electron chi connectivity index (χ1n) is 5.87. The van der Waals surface area contributed by atoms with Gasteiger partial charge in [-0.1, -0.05) is 12.1 Å². The van der Waals surface area contributed by atoms with E-state index in [0.29, 0.717) is 0 Å². The van der Waals surface area contributed by atoms with Crippen LogP contribution in [0, 0.1) is 15.2 Å². The van der Waals surface area contributed by atoms with Gasteiger partial charge in [0.25, 0.3) is 0 Å². The van der Waals surface area contributed by atoms with E-state index in [4.69, 9.17) is 5.84 Å². The fraction of sp³-hybridized carbons (Fsp3) is 0.143. The van der Waals surface area contributed by atoms with Crippen molar-refractivity contribution in [3.63, 3.8) is 0 Å². The zero-order chi connectivity index (χ0) is 14.7. The Bertz CT molecular complexity index is 622. The van der Waals surface area contributed by atoms with E-state index in [1.165, 1.54) is 12.1 Å². The van der Waals surface area contributed by atoms with Crippen molar-refractivity contribution in [1.29, 1.82) is 0 Å². The Morgan fingerprint density at radius 2 is 2.00 bits per heavy atom. The average molecular weight is 453 g/mol. The Kier molecular flexibility index (Phi) is 5.48. The molecular weight excluding hydrogens is 441 g/mol. The van der Waals surface area contributed by atoms with E-state index in [9.17, 15) is 8.78 Å². The number of nitrogens with two attached hydrogens (primary N) is 1. The van der Waals surface area contributed by atoms with Crippen molar-refractivity contribution >= 4 is 38.5 Å². The van der Waals surface area contributed by atoms with Gasteiger partial charge in [-0.3, -0.25) is 11.3 Å². The van der Waals surface area contributed by atoms with E-state index >= 15 is 0 Å². The van der Waals surface area contributed by atoms with E-state index in [1.807, 2.05) is 24.3 Å². The molecule has 0 fully saturated rings. The summed E-state index contributed by atoms with van der Waals surface area (Å²) in [4.78, 5) is 0. The van der Waals surface area contributed by atoms with Crippen LogP contribution in [0.4, 0.5) is 8.78 Å². The molecule has 0 saturated carbocycles. The Morgan fingerprint density at radius 1 is 1.25 bits per heavy atom. The van der Waals surface area contributed by atoms with E-state index in [2.05, 4.69) is 43.9 Å². The SMILES string of the molecule is NNC(Cc1c(F)ccc(Br)c1F)c1cccc(I)c1. The van der Waals surface area contributed by atoms with Crippen LogP contribution in [0.1, 0.15) is 17.2 Å².